The lowest BCUT2D eigenvalue weighted by Crippen LogP contribution is -2.31. The van der Waals surface area contributed by atoms with Crippen LogP contribution in [-0.2, 0) is 11.3 Å². The van der Waals surface area contributed by atoms with E-state index in [9.17, 15) is 4.79 Å². The summed E-state index contributed by atoms with van der Waals surface area (Å²) in [6, 6.07) is 5.31. The molecule has 1 unspecified atom stereocenters. The standard InChI is InChI=1S/C11H12BrCl2NO/c1-7(12)11(16)15(2)6-8-9(13)4-3-5-10(8)14/h3-5,7H,6H2,1-2H3. The summed E-state index contributed by atoms with van der Waals surface area (Å²) < 4.78 is 0. The molecule has 0 bridgehead atoms. The molecule has 0 heterocycles. The molecule has 0 aromatic heterocycles. The molecule has 0 saturated carbocycles. The van der Waals surface area contributed by atoms with E-state index < -0.39 is 0 Å². The fraction of sp³-hybridized carbons (Fsp3) is 0.364. The van der Waals surface area contributed by atoms with E-state index in [-0.39, 0.29) is 10.7 Å². The second kappa shape index (κ2) is 5.89. The van der Waals surface area contributed by atoms with Crippen molar-refractivity contribution in [2.75, 3.05) is 7.05 Å². The summed E-state index contributed by atoms with van der Waals surface area (Å²) in [5.74, 6) is -0.00372. The predicted octanol–water partition coefficient (Wildman–Crippen LogP) is 3.74. The number of rotatable bonds is 3. The minimum atomic E-state index is -0.209. The molecular formula is C11H12BrCl2NO. The highest BCUT2D eigenvalue weighted by Crippen LogP contribution is 2.25. The zero-order valence-corrected chi connectivity index (χ0v) is 12.1. The quantitative estimate of drug-likeness (QED) is 0.776. The van der Waals surface area contributed by atoms with Crippen LogP contribution in [0.25, 0.3) is 0 Å². The van der Waals surface area contributed by atoms with Crippen LogP contribution in [0.1, 0.15) is 12.5 Å². The summed E-state index contributed by atoms with van der Waals surface area (Å²) in [7, 11) is 1.72. The molecule has 1 atom stereocenters. The molecule has 0 spiro atoms. The van der Waals surface area contributed by atoms with Crippen LogP contribution < -0.4 is 0 Å². The van der Waals surface area contributed by atoms with Gasteiger partial charge in [0.05, 0.1) is 4.83 Å². The number of hydrogen-bond donors (Lipinski definition) is 0. The van der Waals surface area contributed by atoms with E-state index in [2.05, 4.69) is 15.9 Å². The zero-order valence-electron chi connectivity index (χ0n) is 9.01. The Morgan fingerprint density at radius 3 is 2.38 bits per heavy atom. The predicted molar refractivity (Wildman–Crippen MR) is 71.3 cm³/mol. The van der Waals surface area contributed by atoms with Crippen LogP contribution >= 0.6 is 39.1 Å². The van der Waals surface area contributed by atoms with Crippen LogP contribution in [0.3, 0.4) is 0 Å². The normalized spacial score (nSPS) is 12.3. The van der Waals surface area contributed by atoms with Crippen molar-refractivity contribution in [3.8, 4) is 0 Å². The molecule has 0 aliphatic rings. The van der Waals surface area contributed by atoms with E-state index >= 15 is 0 Å². The molecular weight excluding hydrogens is 313 g/mol. The van der Waals surface area contributed by atoms with Crippen LogP contribution in [0.4, 0.5) is 0 Å². The Kier molecular flexibility index (Phi) is 5.09. The average molecular weight is 325 g/mol. The van der Waals surface area contributed by atoms with Gasteiger partial charge in [-0.1, -0.05) is 45.2 Å². The van der Waals surface area contributed by atoms with Crippen LogP contribution in [0.15, 0.2) is 18.2 Å². The number of benzene rings is 1. The first-order valence-electron chi connectivity index (χ1n) is 4.75. The van der Waals surface area contributed by atoms with Crippen molar-refractivity contribution >= 4 is 45.0 Å². The van der Waals surface area contributed by atoms with E-state index in [0.717, 1.165) is 5.56 Å². The Hall–Kier alpha value is -0.250. The lowest BCUT2D eigenvalue weighted by molar-refractivity contribution is -0.129. The number of amides is 1. The summed E-state index contributed by atoms with van der Waals surface area (Å²) >= 11 is 15.3. The highest BCUT2D eigenvalue weighted by atomic mass is 79.9. The summed E-state index contributed by atoms with van der Waals surface area (Å²) in [6.07, 6.45) is 0. The van der Waals surface area contributed by atoms with Crippen LogP contribution in [0.2, 0.25) is 10.0 Å². The van der Waals surface area contributed by atoms with E-state index in [1.807, 2.05) is 0 Å². The first-order valence-corrected chi connectivity index (χ1v) is 6.42. The zero-order chi connectivity index (χ0) is 12.3. The van der Waals surface area contributed by atoms with Gasteiger partial charge in [0.25, 0.3) is 0 Å². The molecule has 1 aromatic rings. The number of hydrogen-bond acceptors (Lipinski definition) is 1. The maximum absolute atomic E-state index is 11.7. The third kappa shape index (κ3) is 3.37. The molecule has 5 heteroatoms. The summed E-state index contributed by atoms with van der Waals surface area (Å²) in [6.45, 7) is 2.19. The van der Waals surface area contributed by atoms with Gasteiger partial charge in [-0.3, -0.25) is 4.79 Å². The van der Waals surface area contributed by atoms with Crippen molar-refractivity contribution < 1.29 is 4.79 Å². The van der Waals surface area contributed by atoms with Crippen molar-refractivity contribution in [3.05, 3.63) is 33.8 Å². The molecule has 1 rings (SSSR count). The lowest BCUT2D eigenvalue weighted by Gasteiger charge is -2.20. The summed E-state index contributed by atoms with van der Waals surface area (Å²) in [5.41, 5.74) is 0.773. The third-order valence-corrected chi connectivity index (χ3v) is 3.27. The maximum atomic E-state index is 11.7. The van der Waals surface area contributed by atoms with Gasteiger partial charge >= 0.3 is 0 Å². The van der Waals surface area contributed by atoms with E-state index in [0.29, 0.717) is 16.6 Å². The van der Waals surface area contributed by atoms with Crippen molar-refractivity contribution in [1.82, 2.24) is 4.90 Å². The molecule has 88 valence electrons. The van der Waals surface area contributed by atoms with Gasteiger partial charge in [-0.15, -0.1) is 0 Å². The number of carbonyl (C=O) groups is 1. The lowest BCUT2D eigenvalue weighted by atomic mass is 10.2. The van der Waals surface area contributed by atoms with Gasteiger partial charge in [0, 0.05) is 29.2 Å². The fourth-order valence-corrected chi connectivity index (χ4v) is 2.17. The molecule has 0 saturated heterocycles. The van der Waals surface area contributed by atoms with Crippen molar-refractivity contribution in [2.45, 2.75) is 18.3 Å². The Morgan fingerprint density at radius 1 is 1.44 bits per heavy atom. The second-order valence-electron chi connectivity index (χ2n) is 3.51. The Bertz CT molecular complexity index is 375. The molecule has 1 amide bonds. The minimum Gasteiger partial charge on any atom is -0.340 e. The van der Waals surface area contributed by atoms with E-state index in [4.69, 9.17) is 23.2 Å². The molecule has 2 nitrogen and oxygen atoms in total. The third-order valence-electron chi connectivity index (χ3n) is 2.17. The Morgan fingerprint density at radius 2 is 1.94 bits per heavy atom. The fourth-order valence-electron chi connectivity index (χ4n) is 1.30. The van der Waals surface area contributed by atoms with Gasteiger partial charge in [-0.2, -0.15) is 0 Å². The van der Waals surface area contributed by atoms with Crippen LogP contribution in [-0.4, -0.2) is 22.7 Å². The smallest absolute Gasteiger partial charge is 0.236 e. The van der Waals surface area contributed by atoms with Crippen LogP contribution in [0, 0.1) is 0 Å². The second-order valence-corrected chi connectivity index (χ2v) is 5.70. The molecule has 0 aliphatic heterocycles. The number of nitrogens with zero attached hydrogens (tertiary/aromatic N) is 1. The van der Waals surface area contributed by atoms with Gasteiger partial charge in [-0.25, -0.2) is 0 Å². The average Bonchev–Trinajstić information content (AvgIpc) is 2.22. The number of alkyl halides is 1. The molecule has 0 fully saturated rings. The molecule has 0 N–H and O–H groups in total. The first kappa shape index (κ1) is 13.8. The summed E-state index contributed by atoms with van der Waals surface area (Å²) in [5, 5.41) is 1.16. The minimum absolute atomic E-state index is 0.00372. The molecule has 0 radical (unpaired) electrons. The van der Waals surface area contributed by atoms with Gasteiger partial charge in [0.2, 0.25) is 5.91 Å². The molecule has 16 heavy (non-hydrogen) atoms. The number of carbonyl (C=O) groups excluding carboxylic acids is 1. The first-order chi connectivity index (χ1) is 7.43. The van der Waals surface area contributed by atoms with Crippen molar-refractivity contribution in [2.24, 2.45) is 0 Å². The largest absolute Gasteiger partial charge is 0.340 e. The monoisotopic (exact) mass is 323 g/mol. The van der Waals surface area contributed by atoms with E-state index in [1.54, 1.807) is 37.1 Å². The maximum Gasteiger partial charge on any atom is 0.236 e. The Labute approximate surface area is 114 Å². The van der Waals surface area contributed by atoms with Gasteiger partial charge in [0.15, 0.2) is 0 Å². The van der Waals surface area contributed by atoms with E-state index in [1.165, 1.54) is 0 Å². The van der Waals surface area contributed by atoms with Crippen LogP contribution in [0.5, 0.6) is 0 Å². The van der Waals surface area contributed by atoms with Gasteiger partial charge < -0.3 is 4.90 Å². The topological polar surface area (TPSA) is 20.3 Å². The van der Waals surface area contributed by atoms with Gasteiger partial charge in [-0.05, 0) is 19.1 Å². The van der Waals surface area contributed by atoms with Gasteiger partial charge in [0.1, 0.15) is 0 Å². The Balaban J connectivity index is 2.85. The molecule has 1 aromatic carbocycles. The molecule has 0 aliphatic carbocycles. The highest BCUT2D eigenvalue weighted by Gasteiger charge is 2.16. The SMILES string of the molecule is CC(Br)C(=O)N(C)Cc1c(Cl)cccc1Cl. The number of halogens is 3. The highest BCUT2D eigenvalue weighted by molar-refractivity contribution is 9.10. The van der Waals surface area contributed by atoms with Crippen molar-refractivity contribution in [1.29, 1.82) is 0 Å². The van der Waals surface area contributed by atoms with Crippen molar-refractivity contribution in [3.63, 3.8) is 0 Å². The summed E-state index contributed by atoms with van der Waals surface area (Å²) in [4.78, 5) is 13.0.